The number of hydrogen-bond donors (Lipinski definition) is 1. The van der Waals surface area contributed by atoms with Gasteiger partial charge in [-0.3, -0.25) is 0 Å². The van der Waals surface area contributed by atoms with Crippen molar-refractivity contribution in [2.75, 3.05) is 0 Å². The average molecular weight is 253 g/mol. The van der Waals surface area contributed by atoms with Gasteiger partial charge >= 0.3 is 51.4 Å². The third-order valence-electron chi connectivity index (χ3n) is 2.39. The van der Waals surface area contributed by atoms with Crippen LogP contribution in [0.4, 0.5) is 0 Å². The Morgan fingerprint density at radius 1 is 1.27 bits per heavy atom. The van der Waals surface area contributed by atoms with E-state index in [4.69, 9.17) is 5.14 Å². The van der Waals surface area contributed by atoms with Crippen molar-refractivity contribution in [1.29, 1.82) is 0 Å². The van der Waals surface area contributed by atoms with Gasteiger partial charge in [0, 0.05) is 0 Å². The first-order valence-electron chi connectivity index (χ1n) is 4.58. The van der Waals surface area contributed by atoms with Gasteiger partial charge in [-0.25, -0.2) is 13.6 Å². The summed E-state index contributed by atoms with van der Waals surface area (Å²) in [4.78, 5) is 0.171. The Bertz CT molecular complexity index is 400. The molecule has 0 aliphatic heterocycles. The molecule has 0 aliphatic carbocycles. The molecule has 0 spiro atoms. The molecule has 0 fully saturated rings. The van der Waals surface area contributed by atoms with Crippen LogP contribution in [-0.4, -0.2) is 59.8 Å². The number of sulfonamides is 1. The van der Waals surface area contributed by atoms with Crippen molar-refractivity contribution in [1.82, 2.24) is 0 Å². The van der Waals surface area contributed by atoms with Crippen molar-refractivity contribution in [2.45, 2.75) is 31.1 Å². The van der Waals surface area contributed by atoms with Crippen LogP contribution in [0.15, 0.2) is 29.2 Å². The quantitative estimate of drug-likeness (QED) is 0.823. The number of nitrogens with two attached hydrogens (primary N) is 1. The number of hydrogen-bond acceptors (Lipinski definition) is 2. The predicted octanol–water partition coefficient (Wildman–Crippen LogP) is 1.20. The molecule has 1 unspecified atom stereocenters. The summed E-state index contributed by atoms with van der Waals surface area (Å²) >= 11 is 0. The van der Waals surface area contributed by atoms with Gasteiger partial charge in [-0.15, -0.1) is 0 Å². The van der Waals surface area contributed by atoms with Gasteiger partial charge in [0.25, 0.3) is 0 Å². The molecule has 1 atom stereocenters. The summed E-state index contributed by atoms with van der Waals surface area (Å²) < 4.78 is 21.9. The summed E-state index contributed by atoms with van der Waals surface area (Å²) in [7, 11) is -3.55. The molecular weight excluding hydrogens is 237 g/mol. The molecular formula is C10H16KNO2S. The maximum atomic E-state index is 11.0. The molecule has 1 rings (SSSR count). The summed E-state index contributed by atoms with van der Waals surface area (Å²) in [6, 6.07) is 6.73. The first-order chi connectivity index (χ1) is 6.45. The third kappa shape index (κ3) is 4.64. The van der Waals surface area contributed by atoms with Crippen LogP contribution in [0.3, 0.4) is 0 Å². The molecule has 0 amide bonds. The van der Waals surface area contributed by atoms with E-state index in [0.717, 1.165) is 12.0 Å². The number of primary sulfonamides is 1. The van der Waals surface area contributed by atoms with Crippen molar-refractivity contribution < 1.29 is 8.42 Å². The van der Waals surface area contributed by atoms with E-state index in [1.54, 1.807) is 12.1 Å². The Hall–Kier alpha value is 0.766. The first-order valence-corrected chi connectivity index (χ1v) is 6.12. The zero-order chi connectivity index (χ0) is 10.8. The Kier molecular flexibility index (Phi) is 6.82. The Morgan fingerprint density at radius 2 is 1.73 bits per heavy atom. The normalized spacial score (nSPS) is 13.0. The van der Waals surface area contributed by atoms with Crippen LogP contribution in [-0.2, 0) is 10.0 Å². The van der Waals surface area contributed by atoms with Gasteiger partial charge in [0.15, 0.2) is 0 Å². The number of rotatable bonds is 3. The summed E-state index contributed by atoms with van der Waals surface area (Å²) in [5, 5.41) is 4.99. The fourth-order valence-corrected chi connectivity index (χ4v) is 1.74. The molecule has 0 aromatic heterocycles. The van der Waals surface area contributed by atoms with E-state index in [9.17, 15) is 8.42 Å². The van der Waals surface area contributed by atoms with Crippen molar-refractivity contribution in [3.8, 4) is 0 Å². The van der Waals surface area contributed by atoms with Crippen LogP contribution in [0.1, 0.15) is 31.7 Å². The molecule has 3 nitrogen and oxygen atoms in total. The van der Waals surface area contributed by atoms with Gasteiger partial charge in [-0.2, -0.15) is 0 Å². The molecule has 15 heavy (non-hydrogen) atoms. The minimum atomic E-state index is -3.55. The second-order valence-electron chi connectivity index (χ2n) is 3.42. The molecule has 1 aromatic rings. The monoisotopic (exact) mass is 253 g/mol. The van der Waals surface area contributed by atoms with Crippen molar-refractivity contribution in [2.24, 2.45) is 5.14 Å². The van der Waals surface area contributed by atoms with Crippen molar-refractivity contribution in [3.05, 3.63) is 29.8 Å². The fraction of sp³-hybridized carbons (Fsp3) is 0.400. The SMILES string of the molecule is CCC(C)c1ccc(S(N)(=O)=O)cc1.[KH]. The Labute approximate surface area is 134 Å². The van der Waals surface area contributed by atoms with E-state index in [1.807, 2.05) is 12.1 Å². The second kappa shape index (κ2) is 6.49. The van der Waals surface area contributed by atoms with Gasteiger partial charge in [-0.1, -0.05) is 26.0 Å². The fourth-order valence-electron chi connectivity index (χ4n) is 1.22. The van der Waals surface area contributed by atoms with Gasteiger partial charge in [0.1, 0.15) is 0 Å². The summed E-state index contributed by atoms with van der Waals surface area (Å²) in [6.45, 7) is 4.20. The number of benzene rings is 1. The summed E-state index contributed by atoms with van der Waals surface area (Å²) in [5.41, 5.74) is 1.14. The molecule has 80 valence electrons. The van der Waals surface area contributed by atoms with E-state index in [0.29, 0.717) is 5.92 Å². The third-order valence-corrected chi connectivity index (χ3v) is 3.32. The predicted molar refractivity (Wildman–Crippen MR) is 63.7 cm³/mol. The van der Waals surface area contributed by atoms with Crippen molar-refractivity contribution in [3.63, 3.8) is 0 Å². The van der Waals surface area contributed by atoms with Crippen LogP contribution in [0.5, 0.6) is 0 Å². The van der Waals surface area contributed by atoms with Crippen LogP contribution < -0.4 is 5.14 Å². The van der Waals surface area contributed by atoms with E-state index in [1.165, 1.54) is 0 Å². The Balaban J connectivity index is 0.00000196. The molecule has 1 aromatic carbocycles. The maximum absolute atomic E-state index is 11.0. The average Bonchev–Trinajstić information content (AvgIpc) is 2.15. The Morgan fingerprint density at radius 3 is 2.07 bits per heavy atom. The topological polar surface area (TPSA) is 60.2 Å². The molecule has 0 bridgehead atoms. The van der Waals surface area contributed by atoms with Gasteiger partial charge in [-0.05, 0) is 30.0 Å². The first kappa shape index (κ1) is 15.8. The molecule has 0 aliphatic rings. The molecule has 0 saturated carbocycles. The molecule has 2 N–H and O–H groups in total. The molecule has 5 heteroatoms. The molecule has 0 heterocycles. The van der Waals surface area contributed by atoms with Gasteiger partial charge in [0.2, 0.25) is 10.0 Å². The van der Waals surface area contributed by atoms with Crippen LogP contribution in [0.25, 0.3) is 0 Å². The van der Waals surface area contributed by atoms with E-state index >= 15 is 0 Å². The van der Waals surface area contributed by atoms with E-state index in [-0.39, 0.29) is 56.3 Å². The standard InChI is InChI=1S/C10H15NO2S.K.H/c1-3-8(2)9-4-6-10(7-5-9)14(11,12)13;;/h4-8H,3H2,1-2H3,(H2,11,12,13);;. The zero-order valence-corrected chi connectivity index (χ0v) is 9.21. The van der Waals surface area contributed by atoms with Crippen LogP contribution in [0.2, 0.25) is 0 Å². The zero-order valence-electron chi connectivity index (χ0n) is 8.40. The van der Waals surface area contributed by atoms with E-state index < -0.39 is 10.0 Å². The van der Waals surface area contributed by atoms with Crippen molar-refractivity contribution >= 4 is 61.4 Å². The molecule has 0 radical (unpaired) electrons. The van der Waals surface area contributed by atoms with Crippen LogP contribution >= 0.6 is 0 Å². The van der Waals surface area contributed by atoms with Gasteiger partial charge < -0.3 is 0 Å². The second-order valence-corrected chi connectivity index (χ2v) is 4.98. The summed E-state index contributed by atoms with van der Waals surface area (Å²) in [5.74, 6) is 0.449. The summed E-state index contributed by atoms with van der Waals surface area (Å²) in [6.07, 6.45) is 1.04. The minimum absolute atomic E-state index is 0. The molecule has 0 saturated heterocycles. The van der Waals surface area contributed by atoms with E-state index in [2.05, 4.69) is 13.8 Å². The van der Waals surface area contributed by atoms with Crippen LogP contribution in [0, 0.1) is 0 Å². The van der Waals surface area contributed by atoms with Gasteiger partial charge in [0.05, 0.1) is 4.90 Å².